The predicted molar refractivity (Wildman–Crippen MR) is 60.5 cm³/mol. The maximum atomic E-state index is 13.4. The molecular weight excluding hydrogens is 253 g/mol. The molecule has 0 heterocycles. The molecule has 0 spiro atoms. The standard InChI is InChI=1S/C10H19F2O4P/c1-8(2)5-6-10(11,12)9(13)7-17(14,15-3)16-4/h8H,5-7H2,1-4H3. The smallest absolute Gasteiger partial charge is 0.312 e. The highest BCUT2D eigenvalue weighted by Gasteiger charge is 2.42. The Hall–Kier alpha value is -0.320. The highest BCUT2D eigenvalue weighted by molar-refractivity contribution is 7.54. The molecule has 0 bridgehead atoms. The zero-order valence-electron chi connectivity index (χ0n) is 10.5. The lowest BCUT2D eigenvalue weighted by molar-refractivity contribution is -0.141. The summed E-state index contributed by atoms with van der Waals surface area (Å²) in [5, 5.41) is 0. The third-order valence-corrected chi connectivity index (χ3v) is 4.12. The Morgan fingerprint density at radius 2 is 1.76 bits per heavy atom. The van der Waals surface area contributed by atoms with Crippen LogP contribution in [0.15, 0.2) is 0 Å². The van der Waals surface area contributed by atoms with Crippen molar-refractivity contribution in [3.05, 3.63) is 0 Å². The largest absolute Gasteiger partial charge is 0.337 e. The Morgan fingerprint density at radius 1 is 1.29 bits per heavy atom. The summed E-state index contributed by atoms with van der Waals surface area (Å²) in [5.74, 6) is -4.80. The van der Waals surface area contributed by atoms with Crippen LogP contribution >= 0.6 is 7.60 Å². The normalized spacial score (nSPS) is 13.1. The van der Waals surface area contributed by atoms with Gasteiger partial charge in [-0.2, -0.15) is 8.78 Å². The molecular formula is C10H19F2O4P. The van der Waals surface area contributed by atoms with E-state index in [-0.39, 0.29) is 12.3 Å². The first-order valence-electron chi connectivity index (χ1n) is 5.28. The van der Waals surface area contributed by atoms with Crippen LogP contribution in [0.2, 0.25) is 0 Å². The summed E-state index contributed by atoms with van der Waals surface area (Å²) in [4.78, 5) is 11.3. The topological polar surface area (TPSA) is 52.6 Å². The van der Waals surface area contributed by atoms with Crippen LogP contribution in [0.1, 0.15) is 26.7 Å². The number of hydrogen-bond acceptors (Lipinski definition) is 4. The van der Waals surface area contributed by atoms with Gasteiger partial charge in [0.25, 0.3) is 0 Å². The Kier molecular flexibility index (Phi) is 6.45. The highest BCUT2D eigenvalue weighted by atomic mass is 31.2. The van der Waals surface area contributed by atoms with Crippen molar-refractivity contribution in [1.82, 2.24) is 0 Å². The summed E-state index contributed by atoms with van der Waals surface area (Å²) in [5.41, 5.74) is 0. The summed E-state index contributed by atoms with van der Waals surface area (Å²) >= 11 is 0. The first kappa shape index (κ1) is 16.7. The van der Waals surface area contributed by atoms with Gasteiger partial charge in [-0.15, -0.1) is 0 Å². The van der Waals surface area contributed by atoms with Gasteiger partial charge in [0.15, 0.2) is 0 Å². The first-order chi connectivity index (χ1) is 7.67. The molecule has 0 aromatic heterocycles. The second-order valence-electron chi connectivity index (χ2n) is 4.19. The van der Waals surface area contributed by atoms with Crippen molar-refractivity contribution in [2.75, 3.05) is 20.4 Å². The fourth-order valence-electron chi connectivity index (χ4n) is 1.10. The number of carbonyl (C=O) groups is 1. The van der Waals surface area contributed by atoms with Crippen LogP contribution in [-0.2, 0) is 18.4 Å². The second kappa shape index (κ2) is 6.57. The maximum Gasteiger partial charge on any atom is 0.337 e. The number of Topliss-reactive ketones (excluding diaryl/α,β-unsaturated/α-hetero) is 1. The van der Waals surface area contributed by atoms with Crippen LogP contribution < -0.4 is 0 Å². The number of halogens is 2. The SMILES string of the molecule is COP(=O)(CC(=O)C(F)(F)CCC(C)C)OC. The zero-order valence-corrected chi connectivity index (χ0v) is 11.4. The van der Waals surface area contributed by atoms with Crippen LogP contribution in [-0.4, -0.2) is 32.1 Å². The monoisotopic (exact) mass is 272 g/mol. The molecule has 0 rings (SSSR count). The van der Waals surface area contributed by atoms with Crippen LogP contribution in [0.3, 0.4) is 0 Å². The Morgan fingerprint density at radius 3 is 2.12 bits per heavy atom. The van der Waals surface area contributed by atoms with Gasteiger partial charge in [0.1, 0.15) is 6.16 Å². The lowest BCUT2D eigenvalue weighted by Crippen LogP contribution is -2.32. The molecule has 102 valence electrons. The summed E-state index contributed by atoms with van der Waals surface area (Å²) in [6.07, 6.45) is -1.22. The van der Waals surface area contributed by atoms with Crippen molar-refractivity contribution >= 4 is 13.4 Å². The van der Waals surface area contributed by atoms with Crippen LogP contribution in [0.4, 0.5) is 8.78 Å². The van der Waals surface area contributed by atoms with E-state index in [4.69, 9.17) is 0 Å². The van der Waals surface area contributed by atoms with Crippen molar-refractivity contribution < 1.29 is 27.2 Å². The molecule has 0 aromatic carbocycles. The van der Waals surface area contributed by atoms with E-state index in [1.165, 1.54) is 0 Å². The molecule has 0 saturated carbocycles. The van der Waals surface area contributed by atoms with E-state index in [0.717, 1.165) is 14.2 Å². The van der Waals surface area contributed by atoms with E-state index in [1.807, 2.05) is 0 Å². The maximum absolute atomic E-state index is 13.4. The highest BCUT2D eigenvalue weighted by Crippen LogP contribution is 2.47. The van der Waals surface area contributed by atoms with Crippen LogP contribution in [0, 0.1) is 5.92 Å². The van der Waals surface area contributed by atoms with Crippen molar-refractivity contribution in [2.45, 2.75) is 32.6 Å². The second-order valence-corrected chi connectivity index (χ2v) is 6.46. The molecule has 0 N–H and O–H groups in total. The van der Waals surface area contributed by atoms with Crippen molar-refractivity contribution in [1.29, 1.82) is 0 Å². The van der Waals surface area contributed by atoms with Crippen LogP contribution in [0.5, 0.6) is 0 Å². The van der Waals surface area contributed by atoms with Crippen molar-refractivity contribution in [3.8, 4) is 0 Å². The fraction of sp³-hybridized carbons (Fsp3) is 0.900. The summed E-state index contributed by atoms with van der Waals surface area (Å²) in [6, 6.07) is 0. The number of ketones is 1. The van der Waals surface area contributed by atoms with Gasteiger partial charge in [-0.3, -0.25) is 9.36 Å². The summed E-state index contributed by atoms with van der Waals surface area (Å²) in [7, 11) is -1.59. The minimum Gasteiger partial charge on any atom is -0.312 e. The van der Waals surface area contributed by atoms with E-state index >= 15 is 0 Å². The van der Waals surface area contributed by atoms with Crippen molar-refractivity contribution in [3.63, 3.8) is 0 Å². The molecule has 0 amide bonds. The molecule has 0 fully saturated rings. The molecule has 0 radical (unpaired) electrons. The molecule has 0 aliphatic heterocycles. The third kappa shape index (κ3) is 5.70. The minimum absolute atomic E-state index is 0.0744. The van der Waals surface area contributed by atoms with Gasteiger partial charge in [0.05, 0.1) is 0 Å². The number of carbonyl (C=O) groups excluding carboxylic acids is 1. The van der Waals surface area contributed by atoms with Gasteiger partial charge in [-0.1, -0.05) is 13.8 Å². The van der Waals surface area contributed by atoms with Gasteiger partial charge in [-0.25, -0.2) is 0 Å². The lowest BCUT2D eigenvalue weighted by Gasteiger charge is -2.19. The fourth-order valence-corrected chi connectivity index (χ4v) is 2.09. The van der Waals surface area contributed by atoms with Gasteiger partial charge in [0, 0.05) is 20.6 Å². The Labute approximate surface area is 100 Å². The van der Waals surface area contributed by atoms with E-state index in [2.05, 4.69) is 9.05 Å². The van der Waals surface area contributed by atoms with Crippen LogP contribution in [0.25, 0.3) is 0 Å². The molecule has 0 atom stereocenters. The molecule has 17 heavy (non-hydrogen) atoms. The molecule has 0 aliphatic rings. The number of alkyl halides is 2. The van der Waals surface area contributed by atoms with Gasteiger partial charge in [0.2, 0.25) is 5.78 Å². The third-order valence-electron chi connectivity index (χ3n) is 2.34. The van der Waals surface area contributed by atoms with E-state index in [9.17, 15) is 18.1 Å². The zero-order chi connectivity index (χ0) is 13.7. The number of hydrogen-bond donors (Lipinski definition) is 0. The van der Waals surface area contributed by atoms with E-state index in [0.29, 0.717) is 0 Å². The predicted octanol–water partition coefficient (Wildman–Crippen LogP) is 3.11. The average Bonchev–Trinajstić information content (AvgIpc) is 2.26. The van der Waals surface area contributed by atoms with E-state index in [1.54, 1.807) is 13.8 Å². The molecule has 0 aliphatic carbocycles. The molecule has 4 nitrogen and oxygen atoms in total. The molecule has 7 heteroatoms. The van der Waals surface area contributed by atoms with E-state index < -0.39 is 31.9 Å². The first-order valence-corrected chi connectivity index (χ1v) is 7.01. The molecule has 0 aromatic rings. The van der Waals surface area contributed by atoms with Gasteiger partial charge in [-0.05, 0) is 12.3 Å². The molecule has 0 saturated heterocycles. The Bertz CT molecular complexity index is 297. The quantitative estimate of drug-likeness (QED) is 0.637. The Balaban J connectivity index is 4.53. The summed E-state index contributed by atoms with van der Waals surface area (Å²) < 4.78 is 47.3. The lowest BCUT2D eigenvalue weighted by atomic mass is 10.0. The summed E-state index contributed by atoms with van der Waals surface area (Å²) in [6.45, 7) is 3.57. The van der Waals surface area contributed by atoms with Gasteiger partial charge >= 0.3 is 13.5 Å². The average molecular weight is 272 g/mol. The minimum atomic E-state index is -3.71. The van der Waals surface area contributed by atoms with Gasteiger partial charge < -0.3 is 9.05 Å². The number of rotatable bonds is 8. The van der Waals surface area contributed by atoms with Crippen molar-refractivity contribution in [2.24, 2.45) is 5.92 Å². The molecule has 0 unspecified atom stereocenters.